The van der Waals surface area contributed by atoms with E-state index >= 15 is 0 Å². The van der Waals surface area contributed by atoms with Gasteiger partial charge in [0.15, 0.2) is 0 Å². The van der Waals surface area contributed by atoms with Crippen LogP contribution in [-0.2, 0) is 0 Å². The zero-order valence-corrected chi connectivity index (χ0v) is 9.13. The first-order valence-corrected chi connectivity index (χ1v) is 5.40. The molecule has 1 N–H and O–H groups in total. The summed E-state index contributed by atoms with van der Waals surface area (Å²) in [5.74, 6) is 0.412. The van der Waals surface area contributed by atoms with Gasteiger partial charge in [-0.25, -0.2) is 0 Å². The smallest absolute Gasteiger partial charge is 0.0642 e. The van der Waals surface area contributed by atoms with E-state index in [1.165, 1.54) is 0 Å². The first-order chi connectivity index (χ1) is 5.00. The molecule has 0 aliphatic heterocycles. The standard InChI is InChI=1S/C8H16OS2/c1-5(2)7(9)6(3)8(10)11-4/h5-7,9H,1-4H3/t6-,7-/m0/s1. The Morgan fingerprint density at radius 3 is 2.09 bits per heavy atom. The van der Waals surface area contributed by atoms with Crippen molar-refractivity contribution < 1.29 is 5.11 Å². The molecule has 0 saturated carbocycles. The lowest BCUT2D eigenvalue weighted by atomic mass is 9.96. The molecule has 0 rings (SSSR count). The lowest BCUT2D eigenvalue weighted by Crippen LogP contribution is -2.27. The van der Waals surface area contributed by atoms with Crippen molar-refractivity contribution in [3.05, 3.63) is 0 Å². The second-order valence-corrected chi connectivity index (χ2v) is 4.59. The Labute approximate surface area is 78.6 Å². The van der Waals surface area contributed by atoms with Gasteiger partial charge in [-0.15, -0.1) is 11.8 Å². The van der Waals surface area contributed by atoms with Gasteiger partial charge in [-0.3, -0.25) is 0 Å². The zero-order valence-electron chi connectivity index (χ0n) is 7.50. The van der Waals surface area contributed by atoms with Crippen molar-refractivity contribution >= 4 is 28.2 Å². The molecule has 11 heavy (non-hydrogen) atoms. The van der Waals surface area contributed by atoms with Crippen LogP contribution in [0.1, 0.15) is 20.8 Å². The number of thiocarbonyl (C=S) groups is 1. The molecule has 0 saturated heterocycles. The second-order valence-electron chi connectivity index (χ2n) is 3.05. The molecule has 66 valence electrons. The van der Waals surface area contributed by atoms with Crippen molar-refractivity contribution in [2.24, 2.45) is 11.8 Å². The quantitative estimate of drug-likeness (QED) is 0.693. The molecule has 0 aromatic carbocycles. The van der Waals surface area contributed by atoms with Crippen LogP contribution >= 0.6 is 24.0 Å². The summed E-state index contributed by atoms with van der Waals surface area (Å²) in [7, 11) is 0. The fourth-order valence-electron chi connectivity index (χ4n) is 0.903. The third-order valence-corrected chi connectivity index (χ3v) is 3.41. The van der Waals surface area contributed by atoms with E-state index in [0.29, 0.717) is 0 Å². The highest BCUT2D eigenvalue weighted by atomic mass is 32.2. The topological polar surface area (TPSA) is 20.2 Å². The van der Waals surface area contributed by atoms with Crippen LogP contribution in [0.4, 0.5) is 0 Å². The van der Waals surface area contributed by atoms with Gasteiger partial charge in [-0.1, -0.05) is 33.0 Å². The van der Waals surface area contributed by atoms with E-state index < -0.39 is 0 Å². The summed E-state index contributed by atoms with van der Waals surface area (Å²) in [4.78, 5) is 0. The van der Waals surface area contributed by atoms with Crippen molar-refractivity contribution in [3.8, 4) is 0 Å². The van der Waals surface area contributed by atoms with Crippen LogP contribution < -0.4 is 0 Å². The summed E-state index contributed by atoms with van der Waals surface area (Å²) in [6.45, 7) is 5.98. The van der Waals surface area contributed by atoms with Crippen LogP contribution in [-0.4, -0.2) is 21.7 Å². The van der Waals surface area contributed by atoms with Gasteiger partial charge in [0.2, 0.25) is 0 Å². The molecule has 0 heterocycles. The molecule has 0 aromatic heterocycles. The minimum absolute atomic E-state index is 0.125. The highest BCUT2D eigenvalue weighted by Crippen LogP contribution is 2.19. The molecule has 0 aliphatic carbocycles. The third kappa shape index (κ3) is 3.54. The second kappa shape index (κ2) is 5.12. The Morgan fingerprint density at radius 1 is 1.36 bits per heavy atom. The zero-order chi connectivity index (χ0) is 9.02. The lowest BCUT2D eigenvalue weighted by Gasteiger charge is -2.21. The Balaban J connectivity index is 4.01. The molecular formula is C8H16OS2. The number of aliphatic hydroxyl groups excluding tert-OH is 1. The first kappa shape index (κ1) is 11.4. The summed E-state index contributed by atoms with van der Waals surface area (Å²) in [5, 5.41) is 9.60. The van der Waals surface area contributed by atoms with E-state index in [2.05, 4.69) is 0 Å². The van der Waals surface area contributed by atoms with Crippen molar-refractivity contribution in [2.45, 2.75) is 26.9 Å². The van der Waals surface area contributed by atoms with Crippen molar-refractivity contribution in [1.29, 1.82) is 0 Å². The average molecular weight is 192 g/mol. The predicted molar refractivity (Wildman–Crippen MR) is 56.1 cm³/mol. The Bertz CT molecular complexity index is 134. The lowest BCUT2D eigenvalue weighted by molar-refractivity contribution is 0.0998. The molecule has 0 fully saturated rings. The van der Waals surface area contributed by atoms with Gasteiger partial charge in [0.1, 0.15) is 0 Å². The number of thioether (sulfide) groups is 1. The minimum Gasteiger partial charge on any atom is -0.392 e. The van der Waals surface area contributed by atoms with Crippen molar-refractivity contribution in [2.75, 3.05) is 6.26 Å². The molecule has 0 unspecified atom stereocenters. The van der Waals surface area contributed by atoms with E-state index in [-0.39, 0.29) is 17.9 Å². The fourth-order valence-corrected chi connectivity index (χ4v) is 1.55. The molecule has 3 heteroatoms. The normalized spacial score (nSPS) is 16.5. The van der Waals surface area contributed by atoms with Crippen LogP contribution in [0.15, 0.2) is 0 Å². The highest BCUT2D eigenvalue weighted by molar-refractivity contribution is 8.22. The van der Waals surface area contributed by atoms with E-state index in [1.807, 2.05) is 27.0 Å². The highest BCUT2D eigenvalue weighted by Gasteiger charge is 2.20. The van der Waals surface area contributed by atoms with Gasteiger partial charge in [0.25, 0.3) is 0 Å². The van der Waals surface area contributed by atoms with Gasteiger partial charge in [0, 0.05) is 5.92 Å². The van der Waals surface area contributed by atoms with Crippen LogP contribution in [0, 0.1) is 11.8 Å². The largest absolute Gasteiger partial charge is 0.392 e. The van der Waals surface area contributed by atoms with Crippen LogP contribution in [0.25, 0.3) is 0 Å². The molecule has 0 aromatic rings. The monoisotopic (exact) mass is 192 g/mol. The molecule has 2 atom stereocenters. The summed E-state index contributed by atoms with van der Waals surface area (Å²) in [5.41, 5.74) is 0. The molecular weight excluding hydrogens is 176 g/mol. The van der Waals surface area contributed by atoms with Gasteiger partial charge in [-0.2, -0.15) is 0 Å². The maximum atomic E-state index is 9.60. The number of hydrogen-bond acceptors (Lipinski definition) is 3. The molecule has 0 bridgehead atoms. The van der Waals surface area contributed by atoms with Gasteiger partial charge < -0.3 is 5.11 Å². The van der Waals surface area contributed by atoms with Crippen LogP contribution in [0.3, 0.4) is 0 Å². The first-order valence-electron chi connectivity index (χ1n) is 3.76. The molecule has 0 radical (unpaired) electrons. The molecule has 1 nitrogen and oxygen atoms in total. The third-order valence-electron chi connectivity index (χ3n) is 1.77. The van der Waals surface area contributed by atoms with E-state index in [0.717, 1.165) is 4.20 Å². The van der Waals surface area contributed by atoms with Gasteiger partial charge >= 0.3 is 0 Å². The average Bonchev–Trinajstić information content (AvgIpc) is 2.00. The number of hydrogen-bond donors (Lipinski definition) is 1. The van der Waals surface area contributed by atoms with Gasteiger partial charge in [0.05, 0.1) is 10.3 Å². The van der Waals surface area contributed by atoms with Gasteiger partial charge in [-0.05, 0) is 12.2 Å². The Kier molecular flexibility index (Phi) is 5.30. The number of rotatable bonds is 3. The minimum atomic E-state index is -0.296. The molecule has 0 spiro atoms. The fraction of sp³-hybridized carbons (Fsp3) is 0.875. The summed E-state index contributed by atoms with van der Waals surface area (Å²) >= 11 is 6.63. The SMILES string of the molecule is CSC(=S)[C@@H](C)[C@@H](O)C(C)C. The van der Waals surface area contributed by atoms with E-state index in [9.17, 15) is 5.11 Å². The Morgan fingerprint density at radius 2 is 1.82 bits per heavy atom. The maximum absolute atomic E-state index is 9.60. The maximum Gasteiger partial charge on any atom is 0.0642 e. The number of aliphatic hydroxyl groups is 1. The summed E-state index contributed by atoms with van der Waals surface area (Å²) < 4.78 is 0.895. The predicted octanol–water partition coefficient (Wildman–Crippen LogP) is 2.33. The van der Waals surface area contributed by atoms with E-state index in [1.54, 1.807) is 11.8 Å². The molecule has 0 amide bonds. The Hall–Kier alpha value is 0.400. The van der Waals surface area contributed by atoms with E-state index in [4.69, 9.17) is 12.2 Å². The van der Waals surface area contributed by atoms with Crippen molar-refractivity contribution in [1.82, 2.24) is 0 Å². The molecule has 0 aliphatic rings. The summed E-state index contributed by atoms with van der Waals surface area (Å²) in [6, 6.07) is 0. The summed E-state index contributed by atoms with van der Waals surface area (Å²) in [6.07, 6.45) is 1.65. The van der Waals surface area contributed by atoms with Crippen LogP contribution in [0.5, 0.6) is 0 Å². The van der Waals surface area contributed by atoms with Crippen molar-refractivity contribution in [3.63, 3.8) is 0 Å². The van der Waals surface area contributed by atoms with Crippen LogP contribution in [0.2, 0.25) is 0 Å².